The minimum atomic E-state index is 0.0889. The number of rotatable bonds is 6. The minimum absolute atomic E-state index is 0.0889. The molecule has 0 amide bonds. The lowest BCUT2D eigenvalue weighted by Crippen LogP contribution is -2.29. The van der Waals surface area contributed by atoms with Crippen LogP contribution in [0, 0.1) is 6.92 Å². The first-order chi connectivity index (χ1) is 7.25. The Morgan fingerprint density at radius 3 is 3.00 bits per heavy atom. The highest BCUT2D eigenvalue weighted by Gasteiger charge is 1.97. The first-order valence-electron chi connectivity index (χ1n) is 5.11. The van der Waals surface area contributed by atoms with Gasteiger partial charge in [-0.05, 0) is 13.0 Å². The molecule has 0 unspecified atom stereocenters. The van der Waals surface area contributed by atoms with Gasteiger partial charge in [-0.15, -0.1) is 0 Å². The molecule has 4 nitrogen and oxygen atoms in total. The second-order valence-corrected chi connectivity index (χ2v) is 3.43. The molecule has 0 saturated carbocycles. The molecule has 0 aromatic carbocycles. The molecule has 0 fully saturated rings. The number of hydrogen-bond acceptors (Lipinski definition) is 3. The van der Waals surface area contributed by atoms with Crippen LogP contribution in [0.3, 0.4) is 0 Å². The van der Waals surface area contributed by atoms with Gasteiger partial charge in [-0.25, -0.2) is 0 Å². The second-order valence-electron chi connectivity index (χ2n) is 3.43. The van der Waals surface area contributed by atoms with Crippen LogP contribution >= 0.6 is 0 Å². The summed E-state index contributed by atoms with van der Waals surface area (Å²) in [7, 11) is 1.67. The Labute approximate surface area is 89.9 Å². The summed E-state index contributed by atoms with van der Waals surface area (Å²) >= 11 is 0. The lowest BCUT2D eigenvalue weighted by molar-refractivity contribution is 0.199. The molecule has 0 aliphatic heterocycles. The van der Waals surface area contributed by atoms with Gasteiger partial charge in [0.25, 0.3) is 5.56 Å². The predicted molar refractivity (Wildman–Crippen MR) is 60.2 cm³/mol. The summed E-state index contributed by atoms with van der Waals surface area (Å²) in [6, 6.07) is 3.73. The Morgan fingerprint density at radius 2 is 2.27 bits per heavy atom. The summed E-state index contributed by atoms with van der Waals surface area (Å²) in [6.07, 6.45) is 1.81. The normalized spacial score (nSPS) is 10.5. The van der Waals surface area contributed by atoms with E-state index >= 15 is 0 Å². The maximum Gasteiger partial charge on any atom is 0.253 e. The van der Waals surface area contributed by atoms with E-state index in [0.29, 0.717) is 13.2 Å². The van der Waals surface area contributed by atoms with Gasteiger partial charge in [0.2, 0.25) is 0 Å². The smallest absolute Gasteiger partial charge is 0.253 e. The molecule has 0 atom stereocenters. The van der Waals surface area contributed by atoms with E-state index < -0.39 is 0 Å². The molecule has 0 radical (unpaired) electrons. The number of aromatic nitrogens is 1. The number of hydrogen-bond donors (Lipinski definition) is 1. The van der Waals surface area contributed by atoms with Crippen molar-refractivity contribution in [3.05, 3.63) is 34.2 Å². The molecule has 0 bridgehead atoms. The third-order valence-electron chi connectivity index (χ3n) is 2.22. The molecule has 0 aliphatic carbocycles. The van der Waals surface area contributed by atoms with Crippen LogP contribution in [0.5, 0.6) is 0 Å². The lowest BCUT2D eigenvalue weighted by atomic mass is 10.3. The van der Waals surface area contributed by atoms with Crippen LogP contribution in [0.25, 0.3) is 0 Å². The third kappa shape index (κ3) is 3.85. The highest BCUT2D eigenvalue weighted by Crippen LogP contribution is 1.88. The average molecular weight is 210 g/mol. The van der Waals surface area contributed by atoms with Gasteiger partial charge in [-0.1, -0.05) is 6.07 Å². The number of ether oxygens (including phenoxy) is 1. The number of methoxy groups -OCH3 is 1. The minimum Gasteiger partial charge on any atom is -0.383 e. The molecule has 0 spiro atoms. The number of pyridine rings is 1. The van der Waals surface area contributed by atoms with Gasteiger partial charge in [-0.2, -0.15) is 0 Å². The molecule has 1 heterocycles. The van der Waals surface area contributed by atoms with Crippen LogP contribution in [-0.4, -0.2) is 31.4 Å². The number of nitrogens with zero attached hydrogens (tertiary/aromatic N) is 1. The van der Waals surface area contributed by atoms with Crippen LogP contribution < -0.4 is 10.9 Å². The quantitative estimate of drug-likeness (QED) is 0.691. The van der Waals surface area contributed by atoms with Gasteiger partial charge >= 0.3 is 0 Å². The van der Waals surface area contributed by atoms with Crippen molar-refractivity contribution >= 4 is 0 Å². The molecule has 15 heavy (non-hydrogen) atoms. The van der Waals surface area contributed by atoms with E-state index in [0.717, 1.165) is 18.7 Å². The molecule has 84 valence electrons. The molecule has 1 N–H and O–H groups in total. The van der Waals surface area contributed by atoms with Crippen LogP contribution in [0.2, 0.25) is 0 Å². The first-order valence-corrected chi connectivity index (χ1v) is 5.11. The van der Waals surface area contributed by atoms with E-state index in [9.17, 15) is 4.79 Å². The van der Waals surface area contributed by atoms with Gasteiger partial charge in [-0.3, -0.25) is 4.79 Å². The summed E-state index contributed by atoms with van der Waals surface area (Å²) in [4.78, 5) is 11.6. The van der Waals surface area contributed by atoms with Gasteiger partial charge in [0, 0.05) is 38.5 Å². The number of nitrogens with one attached hydrogen (secondary N) is 1. The largest absolute Gasteiger partial charge is 0.383 e. The first kappa shape index (κ1) is 11.9. The average Bonchev–Trinajstić information content (AvgIpc) is 2.24. The van der Waals surface area contributed by atoms with Crippen molar-refractivity contribution in [3.63, 3.8) is 0 Å². The van der Waals surface area contributed by atoms with E-state index in [1.54, 1.807) is 11.7 Å². The van der Waals surface area contributed by atoms with Crippen molar-refractivity contribution in [2.75, 3.05) is 26.8 Å². The van der Waals surface area contributed by atoms with Crippen molar-refractivity contribution in [2.24, 2.45) is 0 Å². The van der Waals surface area contributed by atoms with Crippen molar-refractivity contribution in [1.29, 1.82) is 0 Å². The van der Waals surface area contributed by atoms with Crippen LogP contribution in [0.4, 0.5) is 0 Å². The van der Waals surface area contributed by atoms with Gasteiger partial charge in [0.15, 0.2) is 0 Å². The molecule has 1 aromatic rings. The molecule has 0 aliphatic rings. The Bertz CT molecular complexity index is 347. The summed E-state index contributed by atoms with van der Waals surface area (Å²) in [5, 5.41) is 3.20. The zero-order chi connectivity index (χ0) is 11.1. The van der Waals surface area contributed by atoms with E-state index in [1.165, 1.54) is 0 Å². The van der Waals surface area contributed by atoms with E-state index in [2.05, 4.69) is 5.32 Å². The zero-order valence-electron chi connectivity index (χ0n) is 9.32. The van der Waals surface area contributed by atoms with E-state index in [1.807, 2.05) is 25.3 Å². The van der Waals surface area contributed by atoms with Crippen molar-refractivity contribution in [3.8, 4) is 0 Å². The third-order valence-corrected chi connectivity index (χ3v) is 2.22. The fourth-order valence-corrected chi connectivity index (χ4v) is 1.33. The SMILES string of the molecule is COCCNCCn1cccc(C)c1=O. The highest BCUT2D eigenvalue weighted by molar-refractivity contribution is 5.07. The number of aryl methyl sites for hydroxylation is 1. The summed E-state index contributed by atoms with van der Waals surface area (Å²) in [6.45, 7) is 4.83. The summed E-state index contributed by atoms with van der Waals surface area (Å²) in [5.41, 5.74) is 0.875. The van der Waals surface area contributed by atoms with Crippen LogP contribution in [0.15, 0.2) is 23.1 Å². The Kier molecular flexibility index (Phi) is 5.07. The van der Waals surface area contributed by atoms with E-state index in [-0.39, 0.29) is 5.56 Å². The lowest BCUT2D eigenvalue weighted by Gasteiger charge is -2.07. The predicted octanol–water partition coefficient (Wildman–Crippen LogP) is 0.393. The molecule has 1 rings (SSSR count). The summed E-state index contributed by atoms with van der Waals surface area (Å²) in [5.74, 6) is 0. The molecular weight excluding hydrogens is 192 g/mol. The Hall–Kier alpha value is -1.13. The van der Waals surface area contributed by atoms with Gasteiger partial charge < -0.3 is 14.6 Å². The summed E-state index contributed by atoms with van der Waals surface area (Å²) < 4.78 is 6.62. The maximum atomic E-state index is 11.6. The van der Waals surface area contributed by atoms with Gasteiger partial charge in [0.05, 0.1) is 6.61 Å². The monoisotopic (exact) mass is 210 g/mol. The Morgan fingerprint density at radius 1 is 1.47 bits per heavy atom. The molecule has 4 heteroatoms. The fourth-order valence-electron chi connectivity index (χ4n) is 1.33. The zero-order valence-corrected chi connectivity index (χ0v) is 9.32. The molecule has 0 saturated heterocycles. The van der Waals surface area contributed by atoms with Crippen LogP contribution in [-0.2, 0) is 11.3 Å². The van der Waals surface area contributed by atoms with Gasteiger partial charge in [0.1, 0.15) is 0 Å². The fraction of sp³-hybridized carbons (Fsp3) is 0.545. The van der Waals surface area contributed by atoms with Crippen molar-refractivity contribution in [1.82, 2.24) is 9.88 Å². The van der Waals surface area contributed by atoms with Crippen molar-refractivity contribution in [2.45, 2.75) is 13.5 Å². The maximum absolute atomic E-state index is 11.6. The van der Waals surface area contributed by atoms with Crippen LogP contribution in [0.1, 0.15) is 5.56 Å². The van der Waals surface area contributed by atoms with E-state index in [4.69, 9.17) is 4.74 Å². The second kappa shape index (κ2) is 6.37. The molecular formula is C11H18N2O2. The molecule has 1 aromatic heterocycles. The van der Waals surface area contributed by atoms with Crippen molar-refractivity contribution < 1.29 is 4.74 Å². The standard InChI is InChI=1S/C11H18N2O2/c1-10-4-3-7-13(11(10)14)8-5-12-6-9-15-2/h3-4,7,12H,5-6,8-9H2,1-2H3. The highest BCUT2D eigenvalue weighted by atomic mass is 16.5. The Balaban J connectivity index is 2.38. The topological polar surface area (TPSA) is 43.3 Å².